The Labute approximate surface area is 157 Å². The third-order valence-electron chi connectivity index (χ3n) is 4.60. The van der Waals surface area contributed by atoms with Gasteiger partial charge in [0, 0.05) is 38.8 Å². The fourth-order valence-electron chi connectivity index (χ4n) is 3.02. The van der Waals surface area contributed by atoms with Crippen molar-refractivity contribution in [3.05, 3.63) is 46.9 Å². The minimum atomic E-state index is -0.161. The molecule has 1 aliphatic heterocycles. The predicted octanol–water partition coefficient (Wildman–Crippen LogP) is 0.810. The van der Waals surface area contributed by atoms with E-state index in [4.69, 9.17) is 9.47 Å². The Hall–Kier alpha value is -3.03. The molecule has 1 atom stereocenters. The smallest absolute Gasteiger partial charge is 0.268 e. The second-order valence-electron chi connectivity index (χ2n) is 6.55. The molecule has 0 saturated carbocycles. The van der Waals surface area contributed by atoms with E-state index in [1.54, 1.807) is 38.6 Å². The minimum absolute atomic E-state index is 0.0394. The summed E-state index contributed by atoms with van der Waals surface area (Å²) in [6.07, 6.45) is 2.65. The van der Waals surface area contributed by atoms with Crippen LogP contribution in [0, 0.1) is 5.92 Å². The molecule has 0 bridgehead atoms. The largest absolute Gasteiger partial charge is 0.497 e. The number of carbonyl (C=O) groups is 1. The van der Waals surface area contributed by atoms with Gasteiger partial charge in [-0.05, 0) is 24.5 Å². The lowest BCUT2D eigenvalue weighted by Crippen LogP contribution is -2.34. The van der Waals surface area contributed by atoms with E-state index in [1.807, 2.05) is 12.1 Å². The van der Waals surface area contributed by atoms with Crippen LogP contribution in [0.5, 0.6) is 11.5 Å². The van der Waals surface area contributed by atoms with Gasteiger partial charge in [-0.3, -0.25) is 9.59 Å². The van der Waals surface area contributed by atoms with Crippen LogP contribution in [0.3, 0.4) is 0 Å². The van der Waals surface area contributed by atoms with Crippen molar-refractivity contribution in [1.29, 1.82) is 0 Å². The van der Waals surface area contributed by atoms with Gasteiger partial charge >= 0.3 is 0 Å². The van der Waals surface area contributed by atoms with E-state index in [2.05, 4.69) is 15.3 Å². The van der Waals surface area contributed by atoms with E-state index in [0.29, 0.717) is 24.0 Å². The molecule has 1 saturated heterocycles. The molecular weight excluding hydrogens is 348 g/mol. The standard InChI is InChI=1S/C19H24N4O4/c1-22-19(25)8-15(11-21-22)23-7-6-14(12-23)10-20-18(24)13-27-17-5-3-4-16(9-17)26-2/h3-5,8-9,11,14H,6-7,10,12-13H2,1-2H3,(H,20,24)/t14-/m0/s1. The first-order valence-corrected chi connectivity index (χ1v) is 8.87. The summed E-state index contributed by atoms with van der Waals surface area (Å²) in [5.74, 6) is 1.44. The van der Waals surface area contributed by atoms with E-state index in [0.717, 1.165) is 25.2 Å². The molecule has 8 heteroatoms. The molecule has 1 aromatic carbocycles. The number of rotatable bonds is 7. The Morgan fingerprint density at radius 2 is 2.15 bits per heavy atom. The first-order valence-electron chi connectivity index (χ1n) is 8.87. The highest BCUT2D eigenvalue weighted by Gasteiger charge is 2.23. The van der Waals surface area contributed by atoms with Crippen LogP contribution >= 0.6 is 0 Å². The number of ether oxygens (including phenoxy) is 2. The molecule has 1 N–H and O–H groups in total. The highest BCUT2D eigenvalue weighted by Crippen LogP contribution is 2.21. The van der Waals surface area contributed by atoms with Crippen LogP contribution in [0.2, 0.25) is 0 Å². The lowest BCUT2D eigenvalue weighted by molar-refractivity contribution is -0.123. The van der Waals surface area contributed by atoms with Gasteiger partial charge in [-0.1, -0.05) is 6.07 Å². The molecule has 3 rings (SSSR count). The minimum Gasteiger partial charge on any atom is -0.497 e. The Morgan fingerprint density at radius 3 is 2.93 bits per heavy atom. The van der Waals surface area contributed by atoms with Gasteiger partial charge in [-0.15, -0.1) is 0 Å². The molecule has 1 aliphatic rings. The lowest BCUT2D eigenvalue weighted by Gasteiger charge is -2.18. The van der Waals surface area contributed by atoms with Crippen molar-refractivity contribution >= 4 is 11.6 Å². The van der Waals surface area contributed by atoms with Crippen LogP contribution in [-0.4, -0.2) is 49.0 Å². The normalized spacial score (nSPS) is 16.2. The highest BCUT2D eigenvalue weighted by molar-refractivity contribution is 5.77. The van der Waals surface area contributed by atoms with Crippen molar-refractivity contribution in [3.8, 4) is 11.5 Å². The molecule has 27 heavy (non-hydrogen) atoms. The molecule has 0 unspecified atom stereocenters. The molecule has 2 aromatic rings. The van der Waals surface area contributed by atoms with Crippen molar-refractivity contribution in [3.63, 3.8) is 0 Å². The third kappa shape index (κ3) is 4.99. The number of nitrogens with zero attached hydrogens (tertiary/aromatic N) is 3. The first kappa shape index (κ1) is 18.8. The fourth-order valence-corrected chi connectivity index (χ4v) is 3.02. The Morgan fingerprint density at radius 1 is 1.33 bits per heavy atom. The molecule has 1 amide bonds. The Bertz CT molecular complexity index is 852. The maximum Gasteiger partial charge on any atom is 0.268 e. The number of anilines is 1. The number of aryl methyl sites for hydroxylation is 1. The number of hydrogen-bond acceptors (Lipinski definition) is 6. The molecule has 1 aromatic heterocycles. The molecule has 1 fully saturated rings. The SMILES string of the molecule is COc1cccc(OCC(=O)NC[C@@H]2CCN(c3cnn(C)c(=O)c3)C2)c1. The van der Waals surface area contributed by atoms with E-state index >= 15 is 0 Å². The van der Waals surface area contributed by atoms with Crippen molar-refractivity contribution in [1.82, 2.24) is 15.1 Å². The quantitative estimate of drug-likeness (QED) is 0.774. The zero-order valence-electron chi connectivity index (χ0n) is 15.6. The van der Waals surface area contributed by atoms with Crippen molar-refractivity contribution in [2.45, 2.75) is 6.42 Å². The number of hydrogen-bond donors (Lipinski definition) is 1. The van der Waals surface area contributed by atoms with Crippen molar-refractivity contribution < 1.29 is 14.3 Å². The third-order valence-corrected chi connectivity index (χ3v) is 4.60. The Balaban J connectivity index is 1.43. The summed E-state index contributed by atoms with van der Waals surface area (Å²) in [6, 6.07) is 8.74. The molecule has 0 spiro atoms. The van der Waals surface area contributed by atoms with Crippen LogP contribution in [0.25, 0.3) is 0 Å². The number of amides is 1. The number of methoxy groups -OCH3 is 1. The highest BCUT2D eigenvalue weighted by atomic mass is 16.5. The van der Waals surface area contributed by atoms with Gasteiger partial charge in [0.25, 0.3) is 11.5 Å². The maximum atomic E-state index is 12.0. The second-order valence-corrected chi connectivity index (χ2v) is 6.55. The molecule has 0 aliphatic carbocycles. The summed E-state index contributed by atoms with van der Waals surface area (Å²) in [4.78, 5) is 25.9. The summed E-state index contributed by atoms with van der Waals surface area (Å²) >= 11 is 0. The van der Waals surface area contributed by atoms with Gasteiger partial charge in [0.1, 0.15) is 11.5 Å². The van der Waals surface area contributed by atoms with E-state index in [9.17, 15) is 9.59 Å². The number of aromatic nitrogens is 2. The van der Waals surface area contributed by atoms with Gasteiger partial charge in [0.2, 0.25) is 0 Å². The van der Waals surface area contributed by atoms with Crippen LogP contribution in [-0.2, 0) is 11.8 Å². The molecule has 144 valence electrons. The van der Waals surface area contributed by atoms with Gasteiger partial charge in [-0.25, -0.2) is 4.68 Å². The summed E-state index contributed by atoms with van der Waals surface area (Å²) in [5.41, 5.74) is 0.701. The van der Waals surface area contributed by atoms with Gasteiger partial charge in [0.15, 0.2) is 6.61 Å². The fraction of sp³-hybridized carbons (Fsp3) is 0.421. The zero-order valence-corrected chi connectivity index (χ0v) is 15.6. The van der Waals surface area contributed by atoms with Crippen LogP contribution in [0.4, 0.5) is 5.69 Å². The molecular formula is C19H24N4O4. The number of nitrogens with one attached hydrogen (secondary N) is 1. The van der Waals surface area contributed by atoms with Gasteiger partial charge in [-0.2, -0.15) is 5.10 Å². The van der Waals surface area contributed by atoms with E-state index in [1.165, 1.54) is 4.68 Å². The summed E-state index contributed by atoms with van der Waals surface area (Å²) < 4.78 is 11.9. The predicted molar refractivity (Wildman–Crippen MR) is 101 cm³/mol. The average Bonchev–Trinajstić information content (AvgIpc) is 3.16. The van der Waals surface area contributed by atoms with Gasteiger partial charge < -0.3 is 19.7 Å². The first-order chi connectivity index (χ1) is 13.0. The monoisotopic (exact) mass is 372 g/mol. The summed E-state index contributed by atoms with van der Waals surface area (Å²) in [6.45, 7) is 2.17. The molecule has 8 nitrogen and oxygen atoms in total. The van der Waals surface area contributed by atoms with E-state index in [-0.39, 0.29) is 18.1 Å². The van der Waals surface area contributed by atoms with Crippen LogP contribution in [0.1, 0.15) is 6.42 Å². The summed E-state index contributed by atoms with van der Waals surface area (Å²) in [5, 5.41) is 6.97. The molecule has 0 radical (unpaired) electrons. The number of benzene rings is 1. The average molecular weight is 372 g/mol. The molecule has 2 heterocycles. The van der Waals surface area contributed by atoms with Crippen LogP contribution < -0.4 is 25.2 Å². The maximum absolute atomic E-state index is 12.0. The number of carbonyl (C=O) groups excluding carboxylic acids is 1. The second kappa shape index (κ2) is 8.57. The van der Waals surface area contributed by atoms with E-state index < -0.39 is 0 Å². The van der Waals surface area contributed by atoms with Crippen LogP contribution in [0.15, 0.2) is 41.3 Å². The van der Waals surface area contributed by atoms with Gasteiger partial charge in [0.05, 0.1) is 19.0 Å². The lowest BCUT2D eigenvalue weighted by atomic mass is 10.1. The Kier molecular flexibility index (Phi) is 5.95. The topological polar surface area (TPSA) is 85.7 Å². The summed E-state index contributed by atoms with van der Waals surface area (Å²) in [7, 11) is 3.21. The van der Waals surface area contributed by atoms with Crippen molar-refractivity contribution in [2.75, 3.05) is 38.3 Å². The van der Waals surface area contributed by atoms with Crippen molar-refractivity contribution in [2.24, 2.45) is 13.0 Å². The zero-order chi connectivity index (χ0) is 19.2.